The predicted octanol–water partition coefficient (Wildman–Crippen LogP) is 2.39. The van der Waals surface area contributed by atoms with Crippen LogP contribution in [-0.2, 0) is 26.8 Å². The number of aromatic nitrogens is 2. The van der Waals surface area contributed by atoms with Gasteiger partial charge in [-0.1, -0.05) is 31.1 Å². The van der Waals surface area contributed by atoms with Gasteiger partial charge in [0.1, 0.15) is 0 Å². The van der Waals surface area contributed by atoms with Crippen LogP contribution in [0.15, 0.2) is 33.7 Å². The zero-order chi connectivity index (χ0) is 20.9. The standard InChI is InChI=1S/C19H28N4O4S/c1-6-23(7-2)28(25,26)16-11-8-15(9-12-16)10-13-17(24)21-19(4,5)18-20-14(3)27-22-18/h8-9,11-12H,6-7,10,13H2,1-5H3,(H,21,24). The number of carbonyl (C=O) groups excluding carboxylic acids is 1. The molecule has 0 aliphatic carbocycles. The zero-order valence-electron chi connectivity index (χ0n) is 17.0. The Morgan fingerprint density at radius 3 is 2.29 bits per heavy atom. The van der Waals surface area contributed by atoms with Crippen molar-refractivity contribution in [1.29, 1.82) is 0 Å². The summed E-state index contributed by atoms with van der Waals surface area (Å²) in [4.78, 5) is 16.7. The summed E-state index contributed by atoms with van der Waals surface area (Å²) in [5.41, 5.74) is 0.151. The van der Waals surface area contributed by atoms with Crippen LogP contribution in [0.4, 0.5) is 0 Å². The molecule has 2 aromatic rings. The zero-order valence-corrected chi connectivity index (χ0v) is 17.8. The van der Waals surface area contributed by atoms with Gasteiger partial charge in [-0.15, -0.1) is 0 Å². The van der Waals surface area contributed by atoms with Crippen molar-refractivity contribution in [1.82, 2.24) is 19.8 Å². The fourth-order valence-corrected chi connectivity index (χ4v) is 4.28. The smallest absolute Gasteiger partial charge is 0.243 e. The molecule has 1 aromatic carbocycles. The number of carbonyl (C=O) groups is 1. The van der Waals surface area contributed by atoms with Crippen molar-refractivity contribution in [2.24, 2.45) is 0 Å². The Bertz CT molecular complexity index is 900. The van der Waals surface area contributed by atoms with Crippen molar-refractivity contribution in [3.8, 4) is 0 Å². The molecule has 0 saturated carbocycles. The summed E-state index contributed by atoms with van der Waals surface area (Å²) < 4.78 is 31.4. The Labute approximate surface area is 166 Å². The molecule has 8 nitrogen and oxygen atoms in total. The number of hydrogen-bond donors (Lipinski definition) is 1. The second-order valence-corrected chi connectivity index (χ2v) is 8.98. The Hall–Kier alpha value is -2.26. The lowest BCUT2D eigenvalue weighted by molar-refractivity contribution is -0.122. The molecule has 0 unspecified atom stereocenters. The van der Waals surface area contributed by atoms with Gasteiger partial charge in [-0.3, -0.25) is 4.79 Å². The third-order valence-electron chi connectivity index (χ3n) is 4.45. The van der Waals surface area contributed by atoms with E-state index in [9.17, 15) is 13.2 Å². The predicted molar refractivity (Wildman–Crippen MR) is 105 cm³/mol. The molecule has 1 amide bonds. The highest BCUT2D eigenvalue weighted by atomic mass is 32.2. The first-order valence-corrected chi connectivity index (χ1v) is 10.7. The quantitative estimate of drug-likeness (QED) is 0.683. The van der Waals surface area contributed by atoms with Gasteiger partial charge in [-0.2, -0.15) is 9.29 Å². The number of amides is 1. The Balaban J connectivity index is 1.97. The monoisotopic (exact) mass is 408 g/mol. The summed E-state index contributed by atoms with van der Waals surface area (Å²) >= 11 is 0. The second kappa shape index (κ2) is 8.83. The first-order valence-electron chi connectivity index (χ1n) is 9.31. The number of benzene rings is 1. The van der Waals surface area contributed by atoms with E-state index in [4.69, 9.17) is 4.52 Å². The Morgan fingerprint density at radius 2 is 1.79 bits per heavy atom. The van der Waals surface area contributed by atoms with Crippen molar-refractivity contribution >= 4 is 15.9 Å². The first-order chi connectivity index (χ1) is 13.1. The van der Waals surface area contributed by atoms with Crippen LogP contribution < -0.4 is 5.32 Å². The molecule has 1 N–H and O–H groups in total. The van der Waals surface area contributed by atoms with Gasteiger partial charge >= 0.3 is 0 Å². The maximum Gasteiger partial charge on any atom is 0.243 e. The lowest BCUT2D eigenvalue weighted by atomic mass is 10.0. The molecule has 1 heterocycles. The minimum Gasteiger partial charge on any atom is -0.344 e. The van der Waals surface area contributed by atoms with Crippen LogP contribution in [0.5, 0.6) is 0 Å². The van der Waals surface area contributed by atoms with Gasteiger partial charge in [-0.05, 0) is 38.0 Å². The van der Waals surface area contributed by atoms with E-state index in [1.54, 1.807) is 31.2 Å². The molecule has 0 radical (unpaired) electrons. The normalized spacial score (nSPS) is 12.4. The second-order valence-electron chi connectivity index (χ2n) is 7.04. The molecule has 1 aromatic heterocycles. The van der Waals surface area contributed by atoms with Crippen molar-refractivity contribution in [2.75, 3.05) is 13.1 Å². The van der Waals surface area contributed by atoms with E-state index in [1.165, 1.54) is 4.31 Å². The van der Waals surface area contributed by atoms with Crippen molar-refractivity contribution in [3.63, 3.8) is 0 Å². The highest BCUT2D eigenvalue weighted by Crippen LogP contribution is 2.18. The van der Waals surface area contributed by atoms with Gasteiger partial charge in [0.05, 0.1) is 10.4 Å². The van der Waals surface area contributed by atoms with Crippen molar-refractivity contribution in [2.45, 2.75) is 57.9 Å². The van der Waals surface area contributed by atoms with Crippen LogP contribution in [0.2, 0.25) is 0 Å². The molecule has 9 heteroatoms. The topological polar surface area (TPSA) is 105 Å². The van der Waals surface area contributed by atoms with E-state index in [2.05, 4.69) is 15.5 Å². The van der Waals surface area contributed by atoms with Gasteiger partial charge in [0.25, 0.3) is 0 Å². The number of hydrogen-bond acceptors (Lipinski definition) is 6. The van der Waals surface area contributed by atoms with Crippen LogP contribution >= 0.6 is 0 Å². The molecular weight excluding hydrogens is 380 g/mol. The third-order valence-corrected chi connectivity index (χ3v) is 6.51. The summed E-state index contributed by atoms with van der Waals surface area (Å²) in [7, 11) is -3.47. The minimum absolute atomic E-state index is 0.146. The molecule has 0 spiro atoms. The fourth-order valence-electron chi connectivity index (χ4n) is 2.82. The molecular formula is C19H28N4O4S. The molecule has 0 fully saturated rings. The summed E-state index contributed by atoms with van der Waals surface area (Å²) in [5, 5.41) is 6.75. The largest absolute Gasteiger partial charge is 0.344 e. The van der Waals surface area contributed by atoms with Crippen LogP contribution in [-0.4, -0.2) is 41.9 Å². The van der Waals surface area contributed by atoms with E-state index < -0.39 is 15.6 Å². The average molecular weight is 409 g/mol. The lowest BCUT2D eigenvalue weighted by Crippen LogP contribution is -2.42. The number of sulfonamides is 1. The van der Waals surface area contributed by atoms with Crippen LogP contribution in [0.25, 0.3) is 0 Å². The summed E-state index contributed by atoms with van der Waals surface area (Å²) in [5.74, 6) is 0.716. The molecule has 0 bridgehead atoms. The van der Waals surface area contributed by atoms with E-state index in [1.807, 2.05) is 27.7 Å². The lowest BCUT2D eigenvalue weighted by Gasteiger charge is -2.22. The van der Waals surface area contributed by atoms with Gasteiger partial charge in [0.15, 0.2) is 5.82 Å². The SMILES string of the molecule is CCN(CC)S(=O)(=O)c1ccc(CCC(=O)NC(C)(C)c2noc(C)n2)cc1. The van der Waals surface area contributed by atoms with Crippen molar-refractivity contribution < 1.29 is 17.7 Å². The van der Waals surface area contributed by atoms with Crippen molar-refractivity contribution in [3.05, 3.63) is 41.5 Å². The molecule has 0 saturated heterocycles. The van der Waals surface area contributed by atoms with Gasteiger partial charge < -0.3 is 9.84 Å². The molecule has 154 valence electrons. The van der Waals surface area contributed by atoms with Gasteiger partial charge in [0, 0.05) is 26.4 Å². The summed E-state index contributed by atoms with van der Waals surface area (Å²) in [6.45, 7) is 9.78. The minimum atomic E-state index is -3.47. The molecule has 0 aliphatic heterocycles. The molecule has 0 atom stereocenters. The Kier molecular flexibility index (Phi) is 6.95. The van der Waals surface area contributed by atoms with Crippen LogP contribution in [0.3, 0.4) is 0 Å². The maximum absolute atomic E-state index is 12.5. The Morgan fingerprint density at radius 1 is 1.18 bits per heavy atom. The van der Waals surface area contributed by atoms with E-state index in [-0.39, 0.29) is 17.2 Å². The first kappa shape index (κ1) is 22.0. The maximum atomic E-state index is 12.5. The number of nitrogens with one attached hydrogen (secondary N) is 1. The van der Waals surface area contributed by atoms with Crippen LogP contribution in [0, 0.1) is 6.92 Å². The summed E-state index contributed by atoms with van der Waals surface area (Å²) in [6.07, 6.45) is 0.765. The molecule has 2 rings (SSSR count). The summed E-state index contributed by atoms with van der Waals surface area (Å²) in [6, 6.07) is 6.68. The van der Waals surface area contributed by atoms with E-state index >= 15 is 0 Å². The van der Waals surface area contributed by atoms with Gasteiger partial charge in [-0.25, -0.2) is 8.42 Å². The van der Waals surface area contributed by atoms with E-state index in [0.29, 0.717) is 31.2 Å². The van der Waals surface area contributed by atoms with Crippen LogP contribution in [0.1, 0.15) is 51.4 Å². The molecule has 0 aliphatic rings. The van der Waals surface area contributed by atoms with E-state index in [0.717, 1.165) is 5.56 Å². The van der Waals surface area contributed by atoms with Gasteiger partial charge in [0.2, 0.25) is 21.8 Å². The highest BCUT2D eigenvalue weighted by Gasteiger charge is 2.28. The third kappa shape index (κ3) is 5.17. The fraction of sp³-hybridized carbons (Fsp3) is 0.526. The average Bonchev–Trinajstić information content (AvgIpc) is 3.08. The number of nitrogens with zero attached hydrogens (tertiary/aromatic N) is 3. The number of rotatable bonds is 9. The number of aryl methyl sites for hydroxylation is 2. The molecule has 28 heavy (non-hydrogen) atoms. The highest BCUT2D eigenvalue weighted by molar-refractivity contribution is 7.89.